The van der Waals surface area contributed by atoms with E-state index < -0.39 is 0 Å². The molecule has 0 bridgehead atoms. The summed E-state index contributed by atoms with van der Waals surface area (Å²) in [5.41, 5.74) is 6.63. The molecular formula is C13H27N3. The van der Waals surface area contributed by atoms with Crippen molar-refractivity contribution in [2.45, 2.75) is 39.2 Å². The third kappa shape index (κ3) is 2.58. The molecule has 2 fully saturated rings. The van der Waals surface area contributed by atoms with Crippen molar-refractivity contribution in [3.8, 4) is 0 Å². The predicted molar refractivity (Wildman–Crippen MR) is 68.5 cm³/mol. The Morgan fingerprint density at radius 3 is 2.31 bits per heavy atom. The van der Waals surface area contributed by atoms with Crippen LogP contribution >= 0.6 is 0 Å². The maximum Gasteiger partial charge on any atom is 0.0110 e. The first-order valence-electron chi connectivity index (χ1n) is 6.84. The van der Waals surface area contributed by atoms with Crippen LogP contribution in [0.5, 0.6) is 0 Å². The molecule has 2 N–H and O–H groups in total. The second-order valence-electron chi connectivity index (χ2n) is 5.86. The molecule has 1 saturated carbocycles. The van der Waals surface area contributed by atoms with Gasteiger partial charge in [-0.1, -0.05) is 20.3 Å². The first kappa shape index (κ1) is 12.3. The molecule has 3 heteroatoms. The maximum atomic E-state index is 6.25. The molecule has 2 unspecified atom stereocenters. The number of rotatable bonds is 3. The van der Waals surface area contributed by atoms with E-state index in [2.05, 4.69) is 23.6 Å². The van der Waals surface area contributed by atoms with E-state index in [1.165, 1.54) is 58.5 Å². The molecule has 3 nitrogen and oxygen atoms in total. The Morgan fingerprint density at radius 2 is 1.81 bits per heavy atom. The van der Waals surface area contributed by atoms with E-state index in [-0.39, 0.29) is 0 Å². The molecule has 0 spiro atoms. The summed E-state index contributed by atoms with van der Waals surface area (Å²) in [7, 11) is 0. The normalized spacial score (nSPS) is 38.1. The molecule has 1 aliphatic carbocycles. The largest absolute Gasteiger partial charge is 0.327 e. The lowest BCUT2D eigenvalue weighted by Crippen LogP contribution is -2.51. The molecule has 2 rings (SSSR count). The Kier molecular flexibility index (Phi) is 3.88. The average Bonchev–Trinajstić information content (AvgIpc) is 2.60. The van der Waals surface area contributed by atoms with Crippen molar-refractivity contribution < 1.29 is 0 Å². The summed E-state index contributed by atoms with van der Waals surface area (Å²) >= 11 is 0. The third-order valence-electron chi connectivity index (χ3n) is 4.66. The lowest BCUT2D eigenvalue weighted by Gasteiger charge is -2.40. The Bertz CT molecular complexity index is 223. The molecule has 1 heterocycles. The molecule has 2 aliphatic rings. The molecule has 2 atom stereocenters. The highest BCUT2D eigenvalue weighted by atomic mass is 15.3. The van der Waals surface area contributed by atoms with Gasteiger partial charge in [-0.3, -0.25) is 0 Å². The van der Waals surface area contributed by atoms with Crippen molar-refractivity contribution in [3.63, 3.8) is 0 Å². The van der Waals surface area contributed by atoms with Crippen LogP contribution in [0.3, 0.4) is 0 Å². The SMILES string of the molecule is CCN1CCN(CC2(C)CCCC2N)CC1. The lowest BCUT2D eigenvalue weighted by molar-refractivity contribution is 0.0894. The van der Waals surface area contributed by atoms with Gasteiger partial charge in [0.1, 0.15) is 0 Å². The van der Waals surface area contributed by atoms with Gasteiger partial charge in [0, 0.05) is 38.8 Å². The van der Waals surface area contributed by atoms with Crippen molar-refractivity contribution in [1.29, 1.82) is 0 Å². The monoisotopic (exact) mass is 225 g/mol. The number of nitrogens with zero attached hydrogens (tertiary/aromatic N) is 2. The van der Waals surface area contributed by atoms with E-state index in [9.17, 15) is 0 Å². The Labute approximate surface area is 100.0 Å². The quantitative estimate of drug-likeness (QED) is 0.782. The number of hydrogen-bond donors (Lipinski definition) is 1. The number of nitrogens with two attached hydrogens (primary N) is 1. The predicted octanol–water partition coefficient (Wildman–Crippen LogP) is 1.14. The zero-order valence-electron chi connectivity index (χ0n) is 10.9. The van der Waals surface area contributed by atoms with E-state index in [4.69, 9.17) is 5.73 Å². The Morgan fingerprint density at radius 1 is 1.19 bits per heavy atom. The molecular weight excluding hydrogens is 198 g/mol. The fourth-order valence-corrected chi connectivity index (χ4v) is 3.23. The van der Waals surface area contributed by atoms with Gasteiger partial charge in [0.25, 0.3) is 0 Å². The summed E-state index contributed by atoms with van der Waals surface area (Å²) in [6.07, 6.45) is 3.88. The van der Waals surface area contributed by atoms with Crippen molar-refractivity contribution in [3.05, 3.63) is 0 Å². The minimum atomic E-state index is 0.383. The smallest absolute Gasteiger partial charge is 0.0110 e. The Balaban J connectivity index is 1.82. The Hall–Kier alpha value is -0.120. The van der Waals surface area contributed by atoms with E-state index in [1.807, 2.05) is 0 Å². The molecule has 0 amide bonds. The molecule has 0 aromatic heterocycles. The van der Waals surface area contributed by atoms with Crippen LogP contribution in [-0.4, -0.2) is 55.1 Å². The summed E-state index contributed by atoms with van der Waals surface area (Å²) in [6.45, 7) is 12.0. The second kappa shape index (κ2) is 5.03. The van der Waals surface area contributed by atoms with Gasteiger partial charge < -0.3 is 15.5 Å². The molecule has 16 heavy (non-hydrogen) atoms. The number of likely N-dealkylation sites (N-methyl/N-ethyl adjacent to an activating group) is 1. The second-order valence-corrected chi connectivity index (χ2v) is 5.86. The van der Waals surface area contributed by atoms with Crippen LogP contribution in [0.2, 0.25) is 0 Å². The van der Waals surface area contributed by atoms with Gasteiger partial charge in [0.2, 0.25) is 0 Å². The van der Waals surface area contributed by atoms with E-state index in [1.54, 1.807) is 0 Å². The molecule has 1 aliphatic heterocycles. The molecule has 94 valence electrons. The highest BCUT2D eigenvalue weighted by Gasteiger charge is 2.38. The van der Waals surface area contributed by atoms with Gasteiger partial charge in [-0.15, -0.1) is 0 Å². The minimum absolute atomic E-state index is 0.383. The van der Waals surface area contributed by atoms with Crippen LogP contribution < -0.4 is 5.73 Å². The number of hydrogen-bond acceptors (Lipinski definition) is 3. The molecule has 1 saturated heterocycles. The van der Waals surface area contributed by atoms with Crippen LogP contribution in [0.4, 0.5) is 0 Å². The van der Waals surface area contributed by atoms with Gasteiger partial charge in [-0.2, -0.15) is 0 Å². The lowest BCUT2D eigenvalue weighted by atomic mass is 9.84. The van der Waals surface area contributed by atoms with E-state index in [0.29, 0.717) is 11.5 Å². The van der Waals surface area contributed by atoms with Crippen LogP contribution in [-0.2, 0) is 0 Å². The van der Waals surface area contributed by atoms with Gasteiger partial charge >= 0.3 is 0 Å². The summed E-state index contributed by atoms with van der Waals surface area (Å²) in [4.78, 5) is 5.16. The van der Waals surface area contributed by atoms with Gasteiger partial charge in [-0.25, -0.2) is 0 Å². The van der Waals surface area contributed by atoms with Crippen molar-refractivity contribution in [2.75, 3.05) is 39.3 Å². The van der Waals surface area contributed by atoms with Crippen LogP contribution in [0.25, 0.3) is 0 Å². The molecule has 0 aromatic carbocycles. The zero-order chi connectivity index (χ0) is 11.6. The minimum Gasteiger partial charge on any atom is -0.327 e. The van der Waals surface area contributed by atoms with Crippen LogP contribution in [0, 0.1) is 5.41 Å². The van der Waals surface area contributed by atoms with Crippen LogP contribution in [0.1, 0.15) is 33.1 Å². The highest BCUT2D eigenvalue weighted by Crippen LogP contribution is 2.37. The van der Waals surface area contributed by atoms with E-state index >= 15 is 0 Å². The summed E-state index contributed by atoms with van der Waals surface area (Å²) in [6, 6.07) is 0.428. The summed E-state index contributed by atoms with van der Waals surface area (Å²) in [5.74, 6) is 0. The van der Waals surface area contributed by atoms with Crippen LogP contribution in [0.15, 0.2) is 0 Å². The third-order valence-corrected chi connectivity index (χ3v) is 4.66. The van der Waals surface area contributed by atoms with Gasteiger partial charge in [0.15, 0.2) is 0 Å². The summed E-state index contributed by atoms with van der Waals surface area (Å²) < 4.78 is 0. The van der Waals surface area contributed by atoms with Gasteiger partial charge in [-0.05, 0) is 24.8 Å². The first-order chi connectivity index (χ1) is 7.64. The molecule has 0 radical (unpaired) electrons. The van der Waals surface area contributed by atoms with Crippen molar-refractivity contribution in [2.24, 2.45) is 11.1 Å². The van der Waals surface area contributed by atoms with Crippen molar-refractivity contribution >= 4 is 0 Å². The van der Waals surface area contributed by atoms with E-state index in [0.717, 1.165) is 0 Å². The fourth-order valence-electron chi connectivity index (χ4n) is 3.23. The molecule has 0 aromatic rings. The van der Waals surface area contributed by atoms with Crippen molar-refractivity contribution in [1.82, 2.24) is 9.80 Å². The van der Waals surface area contributed by atoms with Gasteiger partial charge in [0.05, 0.1) is 0 Å². The standard InChI is InChI=1S/C13H27N3/c1-3-15-7-9-16(10-8-15)11-13(2)6-4-5-12(13)14/h12H,3-11,14H2,1-2H3. The first-order valence-corrected chi connectivity index (χ1v) is 6.84. The zero-order valence-corrected chi connectivity index (χ0v) is 10.9. The summed E-state index contributed by atoms with van der Waals surface area (Å²) in [5, 5.41) is 0. The highest BCUT2D eigenvalue weighted by molar-refractivity contribution is 4.94. The topological polar surface area (TPSA) is 32.5 Å². The fraction of sp³-hybridized carbons (Fsp3) is 1.00. The number of piperazine rings is 1. The average molecular weight is 225 g/mol. The maximum absolute atomic E-state index is 6.25.